The molecule has 2 unspecified atom stereocenters. The van der Waals surface area contributed by atoms with Gasteiger partial charge in [0, 0.05) is 12.5 Å². The Kier molecular flexibility index (Phi) is 10.0. The van der Waals surface area contributed by atoms with Crippen molar-refractivity contribution >= 4 is 11.7 Å². The minimum Gasteiger partial charge on any atom is -0.345 e. The molecule has 1 aromatic carbocycles. The molecule has 5 heteroatoms. The van der Waals surface area contributed by atoms with Crippen molar-refractivity contribution in [3.05, 3.63) is 35.9 Å². The Morgan fingerprint density at radius 3 is 2.32 bits per heavy atom. The number of hydrogen-bond donors (Lipinski definition) is 3. The van der Waals surface area contributed by atoms with E-state index in [0.29, 0.717) is 25.8 Å². The summed E-state index contributed by atoms with van der Waals surface area (Å²) >= 11 is 0. The van der Waals surface area contributed by atoms with Crippen molar-refractivity contribution in [1.82, 2.24) is 10.6 Å². The second-order valence-corrected chi connectivity index (χ2v) is 6.73. The summed E-state index contributed by atoms with van der Waals surface area (Å²) in [6.45, 7) is 6.47. The van der Waals surface area contributed by atoms with Gasteiger partial charge in [-0.2, -0.15) is 0 Å². The molecule has 1 aromatic rings. The number of unbranched alkanes of at least 4 members (excludes halogenated alkanes) is 1. The summed E-state index contributed by atoms with van der Waals surface area (Å²) in [6, 6.07) is 9.32. The van der Waals surface area contributed by atoms with Crippen LogP contribution in [0, 0.1) is 0 Å². The summed E-state index contributed by atoms with van der Waals surface area (Å²) in [4.78, 5) is 25.0. The molecular weight excluding hydrogens is 314 g/mol. The fourth-order valence-corrected chi connectivity index (χ4v) is 2.80. The van der Waals surface area contributed by atoms with Crippen LogP contribution >= 0.6 is 0 Å². The van der Waals surface area contributed by atoms with Gasteiger partial charge in [-0.1, -0.05) is 51.1 Å². The van der Waals surface area contributed by atoms with Crippen LogP contribution in [0.4, 0.5) is 0 Å². The van der Waals surface area contributed by atoms with Gasteiger partial charge in [-0.15, -0.1) is 0 Å². The maximum absolute atomic E-state index is 12.8. The van der Waals surface area contributed by atoms with Crippen molar-refractivity contribution in [3.63, 3.8) is 0 Å². The molecule has 1 rings (SSSR count). The van der Waals surface area contributed by atoms with Crippen LogP contribution in [0.15, 0.2) is 30.3 Å². The van der Waals surface area contributed by atoms with Gasteiger partial charge in [0.15, 0.2) is 5.78 Å². The summed E-state index contributed by atoms with van der Waals surface area (Å²) in [5.41, 5.74) is 6.63. The van der Waals surface area contributed by atoms with E-state index in [1.165, 1.54) is 0 Å². The van der Waals surface area contributed by atoms with Gasteiger partial charge in [0.25, 0.3) is 0 Å². The zero-order valence-corrected chi connectivity index (χ0v) is 15.8. The number of Topliss-reactive ketones (excluding diaryl/α,β-unsaturated/α-hetero) is 1. The highest BCUT2D eigenvalue weighted by Crippen LogP contribution is 2.08. The highest BCUT2D eigenvalue weighted by atomic mass is 16.2. The lowest BCUT2D eigenvalue weighted by Crippen LogP contribution is -2.52. The summed E-state index contributed by atoms with van der Waals surface area (Å²) < 4.78 is 0. The van der Waals surface area contributed by atoms with Crippen LogP contribution in [-0.4, -0.2) is 36.4 Å². The van der Waals surface area contributed by atoms with Crippen molar-refractivity contribution in [2.45, 2.75) is 71.0 Å². The number of nitrogens with two attached hydrogens (primary N) is 1. The van der Waals surface area contributed by atoms with Gasteiger partial charge in [-0.05, 0) is 37.8 Å². The van der Waals surface area contributed by atoms with Crippen LogP contribution in [-0.2, 0) is 16.0 Å². The third-order valence-corrected chi connectivity index (χ3v) is 4.13. The first-order chi connectivity index (χ1) is 12.0. The van der Waals surface area contributed by atoms with Crippen molar-refractivity contribution in [1.29, 1.82) is 0 Å². The van der Waals surface area contributed by atoms with Crippen molar-refractivity contribution in [2.75, 3.05) is 6.54 Å². The lowest BCUT2D eigenvalue weighted by Gasteiger charge is -2.24. The van der Waals surface area contributed by atoms with Crippen LogP contribution < -0.4 is 16.4 Å². The third kappa shape index (κ3) is 8.27. The molecule has 140 valence electrons. The molecule has 5 nitrogen and oxygen atoms in total. The monoisotopic (exact) mass is 347 g/mol. The standard InChI is InChI=1S/C20H33N3O2/c1-4-19(24)17(12-8-9-13-21)23-20(25)18(22-15(2)3)14-16-10-6-5-7-11-16/h5-7,10-11,15,17-18,22H,4,8-9,12-14,21H2,1-3H3,(H,23,25). The van der Waals surface area contributed by atoms with Crippen LogP contribution in [0.1, 0.15) is 52.0 Å². The minimum absolute atomic E-state index is 0.0772. The number of carbonyl (C=O) groups is 2. The third-order valence-electron chi connectivity index (χ3n) is 4.13. The van der Waals surface area contributed by atoms with Gasteiger partial charge < -0.3 is 16.4 Å². The summed E-state index contributed by atoms with van der Waals surface area (Å²) in [5.74, 6) is -0.0366. The van der Waals surface area contributed by atoms with E-state index in [-0.39, 0.29) is 23.8 Å². The Morgan fingerprint density at radius 2 is 1.76 bits per heavy atom. The van der Waals surface area contributed by atoms with E-state index in [1.807, 2.05) is 51.1 Å². The van der Waals surface area contributed by atoms with E-state index in [0.717, 1.165) is 18.4 Å². The zero-order chi connectivity index (χ0) is 18.7. The normalized spacial score (nSPS) is 13.5. The molecule has 0 aliphatic rings. The van der Waals surface area contributed by atoms with E-state index >= 15 is 0 Å². The summed E-state index contributed by atoms with van der Waals surface area (Å²) in [7, 11) is 0. The number of benzene rings is 1. The molecule has 0 heterocycles. The topological polar surface area (TPSA) is 84.2 Å². The highest BCUT2D eigenvalue weighted by Gasteiger charge is 2.25. The smallest absolute Gasteiger partial charge is 0.238 e. The highest BCUT2D eigenvalue weighted by molar-refractivity contribution is 5.90. The van der Waals surface area contributed by atoms with E-state index in [4.69, 9.17) is 5.73 Å². The second-order valence-electron chi connectivity index (χ2n) is 6.73. The van der Waals surface area contributed by atoms with Crippen LogP contribution in [0.5, 0.6) is 0 Å². The van der Waals surface area contributed by atoms with Gasteiger partial charge in [-0.25, -0.2) is 0 Å². The molecule has 0 aromatic heterocycles. The molecule has 0 aliphatic heterocycles. The van der Waals surface area contributed by atoms with Gasteiger partial charge in [0.1, 0.15) is 0 Å². The average molecular weight is 348 g/mol. The fourth-order valence-electron chi connectivity index (χ4n) is 2.80. The minimum atomic E-state index is -0.420. The first-order valence-electron chi connectivity index (χ1n) is 9.31. The molecule has 0 saturated carbocycles. The molecule has 2 atom stereocenters. The number of carbonyl (C=O) groups excluding carboxylic acids is 2. The van der Waals surface area contributed by atoms with E-state index in [2.05, 4.69) is 10.6 Å². The first kappa shape index (κ1) is 21.3. The number of rotatable bonds is 12. The maximum atomic E-state index is 12.8. The van der Waals surface area contributed by atoms with E-state index in [1.54, 1.807) is 0 Å². The predicted octanol–water partition coefficient (Wildman–Crippen LogP) is 2.19. The predicted molar refractivity (Wildman–Crippen MR) is 102 cm³/mol. The second kappa shape index (κ2) is 11.8. The Balaban J connectivity index is 2.77. The first-order valence-corrected chi connectivity index (χ1v) is 9.31. The molecule has 0 aliphatic carbocycles. The number of amides is 1. The number of hydrogen-bond acceptors (Lipinski definition) is 4. The summed E-state index contributed by atoms with van der Waals surface area (Å²) in [5, 5.41) is 6.27. The number of ketones is 1. The van der Waals surface area contributed by atoms with Crippen LogP contribution in [0.3, 0.4) is 0 Å². The molecule has 0 bridgehead atoms. The molecular formula is C20H33N3O2. The molecule has 25 heavy (non-hydrogen) atoms. The quantitative estimate of drug-likeness (QED) is 0.506. The Labute approximate surface area is 151 Å². The fraction of sp³-hybridized carbons (Fsp3) is 0.600. The average Bonchev–Trinajstić information content (AvgIpc) is 2.60. The molecule has 1 amide bonds. The lowest BCUT2D eigenvalue weighted by molar-refractivity contribution is -0.129. The van der Waals surface area contributed by atoms with Gasteiger partial charge in [0.2, 0.25) is 5.91 Å². The molecule has 0 saturated heterocycles. The molecule has 4 N–H and O–H groups in total. The molecule has 0 spiro atoms. The van der Waals surface area contributed by atoms with Gasteiger partial charge in [-0.3, -0.25) is 9.59 Å². The maximum Gasteiger partial charge on any atom is 0.238 e. The van der Waals surface area contributed by atoms with Crippen molar-refractivity contribution in [3.8, 4) is 0 Å². The largest absolute Gasteiger partial charge is 0.345 e. The van der Waals surface area contributed by atoms with Crippen molar-refractivity contribution in [2.24, 2.45) is 5.73 Å². The van der Waals surface area contributed by atoms with Gasteiger partial charge >= 0.3 is 0 Å². The number of nitrogens with one attached hydrogen (secondary N) is 2. The molecule has 0 fully saturated rings. The Bertz CT molecular complexity index is 517. The van der Waals surface area contributed by atoms with E-state index < -0.39 is 6.04 Å². The van der Waals surface area contributed by atoms with Crippen LogP contribution in [0.25, 0.3) is 0 Å². The SMILES string of the molecule is CCC(=O)C(CCCCN)NC(=O)C(Cc1ccccc1)NC(C)C. The lowest BCUT2D eigenvalue weighted by atomic mass is 10.0. The molecule has 0 radical (unpaired) electrons. The van der Waals surface area contributed by atoms with Crippen LogP contribution in [0.2, 0.25) is 0 Å². The van der Waals surface area contributed by atoms with Crippen molar-refractivity contribution < 1.29 is 9.59 Å². The summed E-state index contributed by atoms with van der Waals surface area (Å²) in [6.07, 6.45) is 3.37. The van der Waals surface area contributed by atoms with Gasteiger partial charge in [0.05, 0.1) is 12.1 Å². The van der Waals surface area contributed by atoms with E-state index in [9.17, 15) is 9.59 Å². The zero-order valence-electron chi connectivity index (χ0n) is 15.8. The Hall–Kier alpha value is -1.72. The Morgan fingerprint density at radius 1 is 1.08 bits per heavy atom.